The maximum absolute atomic E-state index is 10.8. The topological polar surface area (TPSA) is 20.3 Å². The fraction of sp³-hybridized carbons (Fsp3) is 0.833. The van der Waals surface area contributed by atoms with Crippen LogP contribution in [-0.2, 0) is 4.79 Å². The van der Waals surface area contributed by atoms with E-state index in [1.807, 2.05) is 0 Å². The van der Waals surface area contributed by atoms with Gasteiger partial charge in [-0.3, -0.25) is 4.79 Å². The highest BCUT2D eigenvalue weighted by molar-refractivity contribution is 5.83. The molecule has 2 heteroatoms. The van der Waals surface area contributed by atoms with Gasteiger partial charge >= 0.3 is 0 Å². The molecule has 3 rings (SSSR count). The maximum Gasteiger partial charge on any atom is 0.139 e. The third-order valence-electron chi connectivity index (χ3n) is 2.09. The summed E-state index contributed by atoms with van der Waals surface area (Å²) >= 11 is 0. The van der Waals surface area contributed by atoms with Crippen LogP contribution in [0, 0.1) is 5.92 Å². The van der Waals surface area contributed by atoms with Gasteiger partial charge in [-0.05, 0) is 0 Å². The average Bonchev–Trinajstić information content (AvgIpc) is 1.62. The molecular formula is C6H9NO. The molecule has 0 radical (unpaired) electrons. The minimum Gasteiger partial charge on any atom is -0.301 e. The average molecular weight is 111 g/mol. The van der Waals surface area contributed by atoms with Gasteiger partial charge in [0.2, 0.25) is 0 Å². The number of hydrogen-bond acceptors (Lipinski definition) is 2. The van der Waals surface area contributed by atoms with E-state index in [2.05, 4.69) is 4.90 Å². The van der Waals surface area contributed by atoms with E-state index in [1.165, 1.54) is 0 Å². The summed E-state index contributed by atoms with van der Waals surface area (Å²) < 4.78 is 0. The molecule has 0 aromatic rings. The molecule has 8 heavy (non-hydrogen) atoms. The lowest BCUT2D eigenvalue weighted by molar-refractivity contribution is -0.133. The molecule has 2 nitrogen and oxygen atoms in total. The lowest BCUT2D eigenvalue weighted by atomic mass is 9.88. The van der Waals surface area contributed by atoms with Gasteiger partial charge in [0.15, 0.2) is 0 Å². The molecule has 0 unspecified atom stereocenters. The van der Waals surface area contributed by atoms with Crippen molar-refractivity contribution >= 4 is 5.78 Å². The predicted octanol–water partition coefficient (Wildman–Crippen LogP) is -0.109. The lowest BCUT2D eigenvalue weighted by Crippen LogP contribution is -2.55. The second kappa shape index (κ2) is 1.32. The molecule has 0 N–H and O–H groups in total. The summed E-state index contributed by atoms with van der Waals surface area (Å²) in [6.07, 6.45) is 0.810. The summed E-state index contributed by atoms with van der Waals surface area (Å²) in [7, 11) is 0. The Balaban J connectivity index is 2.10. The van der Waals surface area contributed by atoms with E-state index >= 15 is 0 Å². The van der Waals surface area contributed by atoms with Gasteiger partial charge in [0, 0.05) is 32.0 Å². The smallest absolute Gasteiger partial charge is 0.139 e. The highest BCUT2D eigenvalue weighted by Gasteiger charge is 2.36. The first kappa shape index (κ1) is 4.50. The van der Waals surface area contributed by atoms with Crippen LogP contribution in [0.4, 0.5) is 0 Å². The number of Topliss-reactive ketones (excluding diaryl/α,β-unsaturated/α-hetero) is 1. The van der Waals surface area contributed by atoms with Crippen molar-refractivity contribution in [2.24, 2.45) is 5.92 Å². The molecule has 0 amide bonds. The van der Waals surface area contributed by atoms with Crippen LogP contribution < -0.4 is 0 Å². The minimum atomic E-state index is 0.434. The number of carbonyl (C=O) groups excluding carboxylic acids is 1. The Kier molecular flexibility index (Phi) is 0.742. The third kappa shape index (κ3) is 0.436. The number of hydrogen-bond donors (Lipinski definition) is 0. The third-order valence-corrected chi connectivity index (χ3v) is 2.09. The minimum absolute atomic E-state index is 0.434. The van der Waals surface area contributed by atoms with Gasteiger partial charge in [-0.2, -0.15) is 0 Å². The number of rotatable bonds is 0. The number of fused-ring (bicyclic) bond motifs is 2. The van der Waals surface area contributed by atoms with Crippen molar-refractivity contribution in [2.45, 2.75) is 6.42 Å². The Morgan fingerprint density at radius 2 is 2.25 bits per heavy atom. The monoisotopic (exact) mass is 111 g/mol. The van der Waals surface area contributed by atoms with Crippen molar-refractivity contribution in [3.05, 3.63) is 0 Å². The number of nitrogens with zero attached hydrogens (tertiary/aromatic N) is 1. The Labute approximate surface area is 48.5 Å². The number of carbonyl (C=O) groups is 1. The van der Waals surface area contributed by atoms with Gasteiger partial charge in [-0.25, -0.2) is 0 Å². The molecule has 0 spiro atoms. The molecular weight excluding hydrogens is 102 g/mol. The SMILES string of the molecule is O=C1CCN2CC1C2. The van der Waals surface area contributed by atoms with E-state index in [4.69, 9.17) is 0 Å². The summed E-state index contributed by atoms with van der Waals surface area (Å²) in [5.74, 6) is 0.927. The normalized spacial score (nSPS) is 43.8. The predicted molar refractivity (Wildman–Crippen MR) is 29.6 cm³/mol. The lowest BCUT2D eigenvalue weighted by Gasteiger charge is -2.42. The molecule has 0 aromatic heterocycles. The van der Waals surface area contributed by atoms with Crippen molar-refractivity contribution in [3.63, 3.8) is 0 Å². The second-order valence-electron chi connectivity index (χ2n) is 2.67. The summed E-state index contributed by atoms with van der Waals surface area (Å²) in [5.41, 5.74) is 0. The quantitative estimate of drug-likeness (QED) is 0.434. The molecule has 0 aliphatic carbocycles. The van der Waals surface area contributed by atoms with E-state index < -0.39 is 0 Å². The first-order valence-corrected chi connectivity index (χ1v) is 3.11. The van der Waals surface area contributed by atoms with Crippen molar-refractivity contribution in [3.8, 4) is 0 Å². The molecule has 3 heterocycles. The zero-order valence-corrected chi connectivity index (χ0v) is 4.76. The second-order valence-corrected chi connectivity index (χ2v) is 2.67. The Morgan fingerprint density at radius 3 is 2.50 bits per heavy atom. The van der Waals surface area contributed by atoms with E-state index in [0.29, 0.717) is 11.7 Å². The molecule has 3 fully saturated rings. The molecule has 0 aromatic carbocycles. The molecule has 0 saturated carbocycles. The standard InChI is InChI=1S/C6H9NO/c8-6-1-2-7-3-5(6)4-7/h5H,1-4H2. The molecule has 3 aliphatic heterocycles. The number of piperidine rings is 2. The van der Waals surface area contributed by atoms with E-state index in [-0.39, 0.29) is 0 Å². The first-order valence-electron chi connectivity index (χ1n) is 3.11. The van der Waals surface area contributed by atoms with E-state index in [0.717, 1.165) is 26.1 Å². The largest absolute Gasteiger partial charge is 0.301 e. The van der Waals surface area contributed by atoms with Gasteiger partial charge in [-0.15, -0.1) is 0 Å². The van der Waals surface area contributed by atoms with Crippen LogP contribution in [0.15, 0.2) is 0 Å². The van der Waals surface area contributed by atoms with E-state index in [1.54, 1.807) is 0 Å². The fourth-order valence-electron chi connectivity index (χ4n) is 1.43. The van der Waals surface area contributed by atoms with Crippen LogP contribution in [0.3, 0.4) is 0 Å². The van der Waals surface area contributed by atoms with Crippen LogP contribution in [-0.4, -0.2) is 30.3 Å². The van der Waals surface area contributed by atoms with Crippen LogP contribution in [0.25, 0.3) is 0 Å². The summed E-state index contributed by atoms with van der Waals surface area (Å²) in [6.45, 7) is 3.13. The van der Waals surface area contributed by atoms with Crippen LogP contribution in [0.5, 0.6) is 0 Å². The molecule has 3 saturated heterocycles. The van der Waals surface area contributed by atoms with Gasteiger partial charge in [-0.1, -0.05) is 0 Å². The molecule has 44 valence electrons. The first-order chi connectivity index (χ1) is 3.86. The van der Waals surface area contributed by atoms with Gasteiger partial charge in [0.1, 0.15) is 5.78 Å². The van der Waals surface area contributed by atoms with Crippen LogP contribution in [0.2, 0.25) is 0 Å². The van der Waals surface area contributed by atoms with E-state index in [9.17, 15) is 4.79 Å². The summed E-state index contributed by atoms with van der Waals surface area (Å²) in [6, 6.07) is 0. The van der Waals surface area contributed by atoms with Crippen LogP contribution in [0.1, 0.15) is 6.42 Å². The number of ketones is 1. The zero-order valence-electron chi connectivity index (χ0n) is 4.76. The molecule has 3 aliphatic rings. The summed E-state index contributed by atoms with van der Waals surface area (Å²) in [5, 5.41) is 0. The fourth-order valence-corrected chi connectivity index (χ4v) is 1.43. The van der Waals surface area contributed by atoms with Gasteiger partial charge < -0.3 is 4.90 Å². The Morgan fingerprint density at radius 1 is 1.50 bits per heavy atom. The maximum atomic E-state index is 10.8. The Bertz CT molecular complexity index is 124. The highest BCUT2D eigenvalue weighted by Crippen LogP contribution is 2.23. The van der Waals surface area contributed by atoms with Gasteiger partial charge in [0.05, 0.1) is 0 Å². The Hall–Kier alpha value is -0.370. The zero-order chi connectivity index (χ0) is 5.56. The highest BCUT2D eigenvalue weighted by atomic mass is 16.1. The molecule has 0 atom stereocenters. The van der Waals surface area contributed by atoms with Crippen molar-refractivity contribution in [1.82, 2.24) is 4.90 Å². The van der Waals surface area contributed by atoms with Crippen molar-refractivity contribution in [1.29, 1.82) is 0 Å². The van der Waals surface area contributed by atoms with Crippen molar-refractivity contribution < 1.29 is 4.79 Å². The summed E-state index contributed by atoms with van der Waals surface area (Å²) in [4.78, 5) is 13.1. The van der Waals surface area contributed by atoms with Crippen molar-refractivity contribution in [2.75, 3.05) is 19.6 Å². The van der Waals surface area contributed by atoms with Gasteiger partial charge in [0.25, 0.3) is 0 Å². The molecule has 2 bridgehead atoms. The van der Waals surface area contributed by atoms with Crippen LogP contribution >= 0.6 is 0 Å².